The molecule has 3 heteroatoms. The number of unbranched alkanes of at least 4 members (excludes halogenated alkanes) is 2. The zero-order chi connectivity index (χ0) is 20.7. The second-order valence-corrected chi connectivity index (χ2v) is 9.19. The first-order valence-electron chi connectivity index (χ1n) is 11.6. The monoisotopic (exact) mass is 401 g/mol. The molecule has 1 aliphatic carbocycles. The molecule has 2 aromatic rings. The lowest BCUT2D eigenvalue weighted by atomic mass is 9.71. The van der Waals surface area contributed by atoms with Crippen molar-refractivity contribution >= 4 is 11.7 Å². The van der Waals surface area contributed by atoms with Crippen molar-refractivity contribution in [2.75, 3.05) is 11.4 Å². The summed E-state index contributed by atoms with van der Waals surface area (Å²) in [6.45, 7) is 3.30. The molecule has 0 fully saturated rings. The van der Waals surface area contributed by atoms with Crippen LogP contribution in [0, 0.1) is 5.92 Å². The molecule has 0 saturated heterocycles. The largest absolute Gasteiger partial charge is 0.478 e. The lowest BCUT2D eigenvalue weighted by molar-refractivity contribution is 0.0696. The van der Waals surface area contributed by atoms with Gasteiger partial charge in [-0.2, -0.15) is 0 Å². The predicted molar refractivity (Wildman–Crippen MR) is 121 cm³/mol. The van der Waals surface area contributed by atoms with Crippen LogP contribution in [0.2, 0.25) is 0 Å². The lowest BCUT2D eigenvalue weighted by Gasteiger charge is -2.50. The van der Waals surface area contributed by atoms with Crippen molar-refractivity contribution in [1.29, 1.82) is 0 Å². The van der Waals surface area contributed by atoms with E-state index in [0.29, 0.717) is 29.4 Å². The standard InChI is InChI=1S/C27H31NO2/c1-2-3-5-9-18-14-15-28-25(19-10-6-4-7-11-19)22-13-8-12-21(22)24-17-20(27(29)30)16-23(18)26(24)28/h4,6-8,10-12,16-18,21-22,25H,2-3,5,9,13-15H2,1H3,(H,29,30)/t18-,21-,22+,25+/m1/s1. The molecule has 0 unspecified atom stereocenters. The third kappa shape index (κ3) is 3.15. The van der Waals surface area contributed by atoms with Crippen LogP contribution >= 0.6 is 0 Å². The highest BCUT2D eigenvalue weighted by atomic mass is 16.4. The molecule has 5 rings (SSSR count). The number of anilines is 1. The Morgan fingerprint density at radius 1 is 1.13 bits per heavy atom. The minimum absolute atomic E-state index is 0.314. The zero-order valence-electron chi connectivity index (χ0n) is 17.8. The van der Waals surface area contributed by atoms with Crippen LogP contribution in [0.4, 0.5) is 5.69 Å². The van der Waals surface area contributed by atoms with Crippen molar-refractivity contribution in [2.45, 2.75) is 63.3 Å². The van der Waals surface area contributed by atoms with Crippen molar-refractivity contribution in [3.8, 4) is 0 Å². The summed E-state index contributed by atoms with van der Waals surface area (Å²) in [5.41, 5.74) is 5.72. The molecule has 2 aliphatic heterocycles. The number of carboxylic acids is 1. The van der Waals surface area contributed by atoms with E-state index >= 15 is 0 Å². The number of allylic oxidation sites excluding steroid dienone is 2. The van der Waals surface area contributed by atoms with Gasteiger partial charge in [0.1, 0.15) is 0 Å². The fraction of sp³-hybridized carbons (Fsp3) is 0.444. The summed E-state index contributed by atoms with van der Waals surface area (Å²) in [7, 11) is 0. The van der Waals surface area contributed by atoms with Gasteiger partial charge in [0.15, 0.2) is 0 Å². The molecule has 3 nitrogen and oxygen atoms in total. The molecule has 3 aliphatic rings. The first kappa shape index (κ1) is 19.4. The summed E-state index contributed by atoms with van der Waals surface area (Å²) < 4.78 is 0. The molecule has 1 N–H and O–H groups in total. The number of rotatable bonds is 6. The molecule has 2 heterocycles. The highest BCUT2D eigenvalue weighted by molar-refractivity contribution is 5.90. The average molecular weight is 402 g/mol. The van der Waals surface area contributed by atoms with Crippen LogP contribution in [-0.4, -0.2) is 17.6 Å². The maximum Gasteiger partial charge on any atom is 0.335 e. The predicted octanol–water partition coefficient (Wildman–Crippen LogP) is 6.67. The van der Waals surface area contributed by atoms with Crippen molar-refractivity contribution in [3.05, 3.63) is 76.9 Å². The van der Waals surface area contributed by atoms with E-state index in [1.165, 1.54) is 41.6 Å². The first-order valence-corrected chi connectivity index (χ1v) is 11.6. The van der Waals surface area contributed by atoms with Crippen LogP contribution in [0.3, 0.4) is 0 Å². The van der Waals surface area contributed by atoms with Gasteiger partial charge in [0.2, 0.25) is 0 Å². The second-order valence-electron chi connectivity index (χ2n) is 9.19. The maximum atomic E-state index is 12.0. The van der Waals surface area contributed by atoms with E-state index < -0.39 is 5.97 Å². The smallest absolute Gasteiger partial charge is 0.335 e. The molecule has 0 radical (unpaired) electrons. The Bertz CT molecular complexity index is 964. The number of aromatic carboxylic acids is 1. The van der Waals surface area contributed by atoms with Gasteiger partial charge in [-0.15, -0.1) is 0 Å². The quantitative estimate of drug-likeness (QED) is 0.434. The fourth-order valence-corrected chi connectivity index (χ4v) is 6.12. The Kier molecular flexibility index (Phi) is 5.14. The molecule has 156 valence electrons. The number of hydrogen-bond acceptors (Lipinski definition) is 2. The molecule has 0 saturated carbocycles. The first-order chi connectivity index (χ1) is 14.7. The van der Waals surface area contributed by atoms with Gasteiger partial charge in [-0.25, -0.2) is 4.79 Å². The van der Waals surface area contributed by atoms with E-state index in [9.17, 15) is 9.90 Å². The van der Waals surface area contributed by atoms with Gasteiger partial charge in [0.25, 0.3) is 0 Å². The van der Waals surface area contributed by atoms with Gasteiger partial charge in [-0.1, -0.05) is 68.7 Å². The molecule has 4 atom stereocenters. The number of fused-ring (bicyclic) bond motifs is 2. The number of carbonyl (C=O) groups is 1. The summed E-state index contributed by atoms with van der Waals surface area (Å²) in [5, 5.41) is 9.83. The van der Waals surface area contributed by atoms with Crippen LogP contribution in [-0.2, 0) is 0 Å². The third-order valence-corrected chi connectivity index (χ3v) is 7.47. The van der Waals surface area contributed by atoms with Crippen LogP contribution in [0.1, 0.15) is 90.4 Å². The Morgan fingerprint density at radius 3 is 2.70 bits per heavy atom. The SMILES string of the molecule is CCCCC[C@@H]1CCN2c3c1cc(C(=O)O)cc3[C@@H]1C=CC[C@@H]1[C@@H]2c1ccccc1. The number of hydrogen-bond donors (Lipinski definition) is 1. The maximum absolute atomic E-state index is 12.0. The number of carboxylic acid groups (broad SMARTS) is 1. The van der Waals surface area contributed by atoms with Crippen LogP contribution in [0.5, 0.6) is 0 Å². The van der Waals surface area contributed by atoms with Gasteiger partial charge >= 0.3 is 5.97 Å². The Morgan fingerprint density at radius 2 is 1.93 bits per heavy atom. The minimum Gasteiger partial charge on any atom is -0.478 e. The number of nitrogens with zero attached hydrogens (tertiary/aromatic N) is 1. The van der Waals surface area contributed by atoms with Crippen LogP contribution < -0.4 is 4.90 Å². The lowest BCUT2D eigenvalue weighted by Crippen LogP contribution is -2.43. The molecular formula is C27H31NO2. The molecular weight excluding hydrogens is 370 g/mol. The molecule has 0 spiro atoms. The van der Waals surface area contributed by atoms with Crippen molar-refractivity contribution in [1.82, 2.24) is 0 Å². The van der Waals surface area contributed by atoms with Crippen molar-refractivity contribution in [3.63, 3.8) is 0 Å². The Hall–Kier alpha value is -2.55. The number of benzene rings is 2. The van der Waals surface area contributed by atoms with Gasteiger partial charge in [0, 0.05) is 18.2 Å². The van der Waals surface area contributed by atoms with Gasteiger partial charge in [-0.05, 0) is 59.9 Å². The average Bonchev–Trinajstić information content (AvgIpc) is 3.25. The van der Waals surface area contributed by atoms with E-state index in [2.05, 4.69) is 54.3 Å². The van der Waals surface area contributed by atoms with E-state index in [1.54, 1.807) is 0 Å². The third-order valence-electron chi connectivity index (χ3n) is 7.47. The molecule has 30 heavy (non-hydrogen) atoms. The molecule has 0 aromatic heterocycles. The van der Waals surface area contributed by atoms with Gasteiger partial charge in [-0.3, -0.25) is 0 Å². The second kappa shape index (κ2) is 7.94. The Balaban J connectivity index is 1.65. The van der Waals surface area contributed by atoms with E-state index in [0.717, 1.165) is 25.8 Å². The fourth-order valence-electron chi connectivity index (χ4n) is 6.12. The van der Waals surface area contributed by atoms with E-state index in [-0.39, 0.29) is 0 Å². The van der Waals surface area contributed by atoms with Crippen LogP contribution in [0.15, 0.2) is 54.6 Å². The van der Waals surface area contributed by atoms with Crippen molar-refractivity contribution in [2.24, 2.45) is 5.92 Å². The summed E-state index contributed by atoms with van der Waals surface area (Å²) >= 11 is 0. The summed E-state index contributed by atoms with van der Waals surface area (Å²) in [6.07, 6.45) is 11.7. The summed E-state index contributed by atoms with van der Waals surface area (Å²) in [5.74, 6) is 0.462. The molecule has 2 aromatic carbocycles. The van der Waals surface area contributed by atoms with Gasteiger partial charge < -0.3 is 10.0 Å². The van der Waals surface area contributed by atoms with Crippen molar-refractivity contribution < 1.29 is 9.90 Å². The topological polar surface area (TPSA) is 40.5 Å². The normalized spacial score (nSPS) is 26.4. The highest BCUT2D eigenvalue weighted by Gasteiger charge is 2.45. The zero-order valence-corrected chi connectivity index (χ0v) is 17.8. The van der Waals surface area contributed by atoms with Gasteiger partial charge in [0.05, 0.1) is 11.6 Å². The summed E-state index contributed by atoms with van der Waals surface area (Å²) in [6, 6.07) is 15.2. The highest BCUT2D eigenvalue weighted by Crippen LogP contribution is 2.57. The minimum atomic E-state index is -0.804. The molecule has 0 bridgehead atoms. The Labute approximate surface area is 179 Å². The summed E-state index contributed by atoms with van der Waals surface area (Å²) in [4.78, 5) is 14.6. The molecule has 0 amide bonds. The van der Waals surface area contributed by atoms with E-state index in [4.69, 9.17) is 0 Å². The van der Waals surface area contributed by atoms with E-state index in [1.807, 2.05) is 12.1 Å². The van der Waals surface area contributed by atoms with Crippen LogP contribution in [0.25, 0.3) is 0 Å².